The highest BCUT2D eigenvalue weighted by molar-refractivity contribution is 6.51. The fourth-order valence-electron chi connectivity index (χ4n) is 4.12. The van der Waals surface area contributed by atoms with E-state index in [-0.39, 0.29) is 23.7 Å². The molecule has 4 rings (SSSR count). The van der Waals surface area contributed by atoms with E-state index in [4.69, 9.17) is 4.74 Å². The first-order valence-corrected chi connectivity index (χ1v) is 11.5. The monoisotopic (exact) mass is 470 g/mol. The number of aromatic nitrogens is 1. The van der Waals surface area contributed by atoms with Gasteiger partial charge in [0.2, 0.25) is 0 Å². The first-order valence-electron chi connectivity index (χ1n) is 11.5. The van der Waals surface area contributed by atoms with Crippen molar-refractivity contribution in [1.82, 2.24) is 4.98 Å². The number of aliphatic hydroxyl groups excluding tert-OH is 1. The maximum atomic E-state index is 13.2. The molecule has 1 saturated heterocycles. The molecule has 7 nitrogen and oxygen atoms in total. The van der Waals surface area contributed by atoms with Crippen LogP contribution < -0.4 is 4.90 Å². The van der Waals surface area contributed by atoms with Crippen LogP contribution in [-0.2, 0) is 32.0 Å². The van der Waals surface area contributed by atoms with Gasteiger partial charge in [-0.05, 0) is 48.7 Å². The number of ether oxygens (including phenoxy) is 1. The minimum absolute atomic E-state index is 0.0199. The number of carbonyl (C=O) groups excluding carboxylic acids is 3. The molecule has 1 fully saturated rings. The smallest absolute Gasteiger partial charge is 0.310 e. The van der Waals surface area contributed by atoms with Crippen LogP contribution in [0.15, 0.2) is 78.5 Å². The van der Waals surface area contributed by atoms with Gasteiger partial charge in [-0.1, -0.05) is 49.4 Å². The molecule has 0 spiro atoms. The van der Waals surface area contributed by atoms with E-state index in [0.717, 1.165) is 12.0 Å². The number of ketones is 1. The Hall–Kier alpha value is -4.26. The van der Waals surface area contributed by atoms with Crippen molar-refractivity contribution in [1.29, 1.82) is 0 Å². The second kappa shape index (κ2) is 10.3. The Bertz CT molecular complexity index is 1260. The maximum Gasteiger partial charge on any atom is 0.310 e. The molecule has 2 aromatic carbocycles. The van der Waals surface area contributed by atoms with Crippen LogP contribution in [0.2, 0.25) is 0 Å². The first-order chi connectivity index (χ1) is 16.9. The lowest BCUT2D eigenvalue weighted by molar-refractivity contribution is -0.142. The molecule has 0 bridgehead atoms. The fraction of sp³-hybridized carbons (Fsp3) is 0.214. The number of aryl methyl sites for hydroxylation is 1. The maximum absolute atomic E-state index is 13.2. The number of rotatable bonds is 7. The standard InChI is InChI=1S/C28H26N2O5/c1-3-18-8-12-20(13-9-18)26(32)24-25(22-7-5-6-16-29-22)30(28(34)27(24)33)21-14-10-19(11-15-21)17-23(31)35-4-2/h5-16,25,32H,3-4,17H2,1-2H3/b26-24-. The second-order valence-electron chi connectivity index (χ2n) is 8.12. The largest absolute Gasteiger partial charge is 0.507 e. The van der Waals surface area contributed by atoms with Crippen LogP contribution in [0.25, 0.3) is 5.76 Å². The predicted octanol–water partition coefficient (Wildman–Crippen LogP) is 4.38. The molecule has 1 atom stereocenters. The predicted molar refractivity (Wildman–Crippen MR) is 132 cm³/mol. The molecule has 1 N–H and O–H groups in total. The Morgan fingerprint density at radius 3 is 2.26 bits per heavy atom. The summed E-state index contributed by atoms with van der Waals surface area (Å²) < 4.78 is 4.99. The van der Waals surface area contributed by atoms with Crippen LogP contribution in [-0.4, -0.2) is 34.4 Å². The van der Waals surface area contributed by atoms with Gasteiger partial charge in [0, 0.05) is 17.4 Å². The Morgan fingerprint density at radius 2 is 1.66 bits per heavy atom. The number of hydrogen-bond acceptors (Lipinski definition) is 6. The normalized spacial score (nSPS) is 17.0. The number of amides is 1. The second-order valence-corrected chi connectivity index (χ2v) is 8.12. The molecule has 1 amide bonds. The quantitative estimate of drug-likeness (QED) is 0.238. The van der Waals surface area contributed by atoms with Gasteiger partial charge >= 0.3 is 5.97 Å². The summed E-state index contributed by atoms with van der Waals surface area (Å²) in [5, 5.41) is 11.2. The SMILES string of the molecule is CCOC(=O)Cc1ccc(N2C(=O)C(=O)/C(=C(\O)c3ccc(CC)cc3)C2c2ccccn2)cc1. The molecule has 178 valence electrons. The zero-order valence-corrected chi connectivity index (χ0v) is 19.6. The molecule has 2 heterocycles. The van der Waals surface area contributed by atoms with E-state index < -0.39 is 17.7 Å². The van der Waals surface area contributed by atoms with Crippen LogP contribution in [0.4, 0.5) is 5.69 Å². The molecule has 0 radical (unpaired) electrons. The van der Waals surface area contributed by atoms with E-state index in [1.54, 1.807) is 67.7 Å². The third-order valence-electron chi connectivity index (χ3n) is 5.92. The van der Waals surface area contributed by atoms with Crippen LogP contribution >= 0.6 is 0 Å². The van der Waals surface area contributed by atoms with Gasteiger partial charge in [-0.25, -0.2) is 0 Å². The van der Waals surface area contributed by atoms with Crippen LogP contribution in [0, 0.1) is 0 Å². The van der Waals surface area contributed by atoms with Gasteiger partial charge in [0.1, 0.15) is 11.8 Å². The zero-order valence-electron chi connectivity index (χ0n) is 19.6. The van der Waals surface area contributed by atoms with Crippen molar-refractivity contribution in [3.63, 3.8) is 0 Å². The van der Waals surface area contributed by atoms with Crippen molar-refractivity contribution in [2.75, 3.05) is 11.5 Å². The number of benzene rings is 2. The van der Waals surface area contributed by atoms with E-state index in [9.17, 15) is 19.5 Å². The Balaban J connectivity index is 1.78. The fourth-order valence-corrected chi connectivity index (χ4v) is 4.12. The zero-order chi connectivity index (χ0) is 24.9. The number of nitrogens with zero attached hydrogens (tertiary/aromatic N) is 2. The van der Waals surface area contributed by atoms with Crippen molar-refractivity contribution >= 4 is 29.1 Å². The summed E-state index contributed by atoms with van der Waals surface area (Å²) in [7, 11) is 0. The topological polar surface area (TPSA) is 96.8 Å². The number of pyridine rings is 1. The summed E-state index contributed by atoms with van der Waals surface area (Å²) >= 11 is 0. The lowest BCUT2D eigenvalue weighted by atomic mass is 9.97. The van der Waals surface area contributed by atoms with Gasteiger partial charge < -0.3 is 9.84 Å². The minimum Gasteiger partial charge on any atom is -0.507 e. The number of esters is 1. The Kier molecular flexibility index (Phi) is 7.06. The van der Waals surface area contributed by atoms with Crippen LogP contribution in [0.1, 0.15) is 42.3 Å². The molecular formula is C28H26N2O5. The first kappa shape index (κ1) is 23.9. The Labute approximate surface area is 203 Å². The molecule has 35 heavy (non-hydrogen) atoms. The van der Waals surface area contributed by atoms with Crippen molar-refractivity contribution in [2.45, 2.75) is 32.7 Å². The summed E-state index contributed by atoms with van der Waals surface area (Å²) in [5.41, 5.74) is 3.14. The number of Topliss-reactive ketones (excluding diaryl/α,β-unsaturated/α-hetero) is 1. The lowest BCUT2D eigenvalue weighted by Gasteiger charge is -2.24. The summed E-state index contributed by atoms with van der Waals surface area (Å²) in [6.45, 7) is 4.07. The van der Waals surface area contributed by atoms with E-state index in [0.29, 0.717) is 29.1 Å². The summed E-state index contributed by atoms with van der Waals surface area (Å²) in [5.74, 6) is -2.13. The average Bonchev–Trinajstić information content (AvgIpc) is 3.15. The summed E-state index contributed by atoms with van der Waals surface area (Å²) in [6, 6.07) is 18.3. The average molecular weight is 471 g/mol. The molecule has 0 aliphatic carbocycles. The lowest BCUT2D eigenvalue weighted by Crippen LogP contribution is -2.29. The van der Waals surface area contributed by atoms with Crippen molar-refractivity contribution in [2.24, 2.45) is 0 Å². The number of carbonyl (C=O) groups is 3. The van der Waals surface area contributed by atoms with E-state index in [1.807, 2.05) is 19.1 Å². The molecular weight excluding hydrogens is 444 g/mol. The molecule has 1 aromatic heterocycles. The molecule has 0 saturated carbocycles. The highest BCUT2D eigenvalue weighted by atomic mass is 16.5. The van der Waals surface area contributed by atoms with E-state index in [1.165, 1.54) is 4.90 Å². The van der Waals surface area contributed by atoms with Crippen LogP contribution in [0.3, 0.4) is 0 Å². The van der Waals surface area contributed by atoms with Gasteiger partial charge in [-0.15, -0.1) is 0 Å². The highest BCUT2D eigenvalue weighted by Crippen LogP contribution is 2.41. The molecule has 7 heteroatoms. The van der Waals surface area contributed by atoms with Gasteiger partial charge in [0.25, 0.3) is 11.7 Å². The molecule has 3 aromatic rings. The van der Waals surface area contributed by atoms with E-state index >= 15 is 0 Å². The van der Waals surface area contributed by atoms with Crippen LogP contribution in [0.5, 0.6) is 0 Å². The van der Waals surface area contributed by atoms with Gasteiger partial charge in [0.05, 0.1) is 24.3 Å². The Morgan fingerprint density at radius 1 is 0.971 bits per heavy atom. The van der Waals surface area contributed by atoms with E-state index in [2.05, 4.69) is 4.98 Å². The third-order valence-corrected chi connectivity index (χ3v) is 5.92. The van der Waals surface area contributed by atoms with Gasteiger partial charge in [-0.2, -0.15) is 0 Å². The van der Waals surface area contributed by atoms with Gasteiger partial charge in [0.15, 0.2) is 0 Å². The van der Waals surface area contributed by atoms with Crippen molar-refractivity contribution in [3.8, 4) is 0 Å². The minimum atomic E-state index is -0.905. The third kappa shape index (κ3) is 4.84. The molecule has 1 aliphatic heterocycles. The molecule has 1 aliphatic rings. The summed E-state index contributed by atoms with van der Waals surface area (Å²) in [6.07, 6.45) is 2.52. The molecule has 1 unspecified atom stereocenters. The highest BCUT2D eigenvalue weighted by Gasteiger charge is 2.47. The van der Waals surface area contributed by atoms with Crippen molar-refractivity contribution < 1.29 is 24.2 Å². The number of hydrogen-bond donors (Lipinski definition) is 1. The number of anilines is 1. The summed E-state index contributed by atoms with van der Waals surface area (Å²) in [4.78, 5) is 43.9. The van der Waals surface area contributed by atoms with Crippen molar-refractivity contribution in [3.05, 3.63) is 101 Å². The van der Waals surface area contributed by atoms with Gasteiger partial charge in [-0.3, -0.25) is 24.3 Å². The number of aliphatic hydroxyl groups is 1.